The third-order valence-electron chi connectivity index (χ3n) is 11.8. The topological polar surface area (TPSA) is 108 Å². The Bertz CT molecular complexity index is 2280. The second-order valence-electron chi connectivity index (χ2n) is 15.3. The van der Waals surface area contributed by atoms with Crippen LogP contribution < -0.4 is 9.64 Å². The van der Waals surface area contributed by atoms with Crippen molar-refractivity contribution >= 4 is 23.4 Å². The van der Waals surface area contributed by atoms with Crippen LogP contribution in [-0.2, 0) is 42.5 Å². The second kappa shape index (κ2) is 16.3. The number of benzene rings is 4. The fourth-order valence-corrected chi connectivity index (χ4v) is 8.34. The van der Waals surface area contributed by atoms with E-state index in [0.29, 0.717) is 61.8 Å². The molecule has 5 aromatic rings. The average molecular weight is 768 g/mol. The quantitative estimate of drug-likeness (QED) is 0.201. The third kappa shape index (κ3) is 7.90. The number of rotatable bonds is 9. The number of carbonyl (C=O) groups excluding carboxylic acids is 3. The first-order chi connectivity index (χ1) is 27.6. The summed E-state index contributed by atoms with van der Waals surface area (Å²) in [6.45, 7) is 6.94. The van der Waals surface area contributed by atoms with Crippen LogP contribution in [0, 0.1) is 6.92 Å². The maximum Gasteiger partial charge on any atom is 0.260 e. The summed E-state index contributed by atoms with van der Waals surface area (Å²) in [5, 5.41) is 9.84. The van der Waals surface area contributed by atoms with Crippen molar-refractivity contribution in [1.29, 1.82) is 0 Å². The lowest BCUT2D eigenvalue weighted by Gasteiger charge is -2.41. The highest BCUT2D eigenvalue weighted by Gasteiger charge is 2.35. The molecule has 1 atom stereocenters. The van der Waals surface area contributed by atoms with Crippen LogP contribution in [0.2, 0.25) is 0 Å². The molecule has 294 valence electrons. The van der Waals surface area contributed by atoms with Crippen molar-refractivity contribution in [2.24, 2.45) is 7.05 Å². The van der Waals surface area contributed by atoms with Gasteiger partial charge in [0.1, 0.15) is 11.5 Å². The molecule has 11 nitrogen and oxygen atoms in total. The molecule has 3 amide bonds. The second-order valence-corrected chi connectivity index (χ2v) is 15.3. The maximum atomic E-state index is 15.4. The normalized spacial score (nSPS) is 16.8. The number of aromatic hydroxyl groups is 1. The first kappa shape index (κ1) is 38.0. The minimum Gasteiger partial charge on any atom is -0.508 e. The van der Waals surface area contributed by atoms with E-state index in [0.717, 1.165) is 59.7 Å². The van der Waals surface area contributed by atoms with Crippen molar-refractivity contribution in [1.82, 2.24) is 19.3 Å². The van der Waals surface area contributed by atoms with Gasteiger partial charge in [0.25, 0.3) is 17.7 Å². The Morgan fingerprint density at radius 3 is 2.30 bits per heavy atom. The zero-order valence-corrected chi connectivity index (χ0v) is 32.8. The molecule has 11 heteroatoms. The number of phenolic OH excluding ortho intramolecular Hbond substituents is 1. The van der Waals surface area contributed by atoms with E-state index >= 15 is 4.79 Å². The van der Waals surface area contributed by atoms with Gasteiger partial charge in [0.2, 0.25) is 0 Å². The molecule has 57 heavy (non-hydrogen) atoms. The number of morpholine rings is 1. The van der Waals surface area contributed by atoms with E-state index in [1.54, 1.807) is 41.1 Å². The summed E-state index contributed by atoms with van der Waals surface area (Å²) < 4.78 is 13.5. The molecule has 8 rings (SSSR count). The number of carbonyl (C=O) groups is 3. The number of aromatic nitrogens is 1. The number of hydrogen-bond donors (Lipinski definition) is 1. The minimum absolute atomic E-state index is 0.0613. The number of phenols is 1. The average Bonchev–Trinajstić information content (AvgIpc) is 3.54. The number of amides is 3. The van der Waals surface area contributed by atoms with Crippen molar-refractivity contribution in [2.45, 2.75) is 38.9 Å². The summed E-state index contributed by atoms with van der Waals surface area (Å²) in [5.41, 5.74) is 8.39. The number of anilines is 1. The van der Waals surface area contributed by atoms with Gasteiger partial charge in [0.15, 0.2) is 6.61 Å². The number of fused-ring (bicyclic) bond motifs is 2. The molecule has 3 aliphatic heterocycles. The van der Waals surface area contributed by atoms with Crippen molar-refractivity contribution in [3.8, 4) is 22.8 Å². The van der Waals surface area contributed by atoms with Gasteiger partial charge in [-0.25, -0.2) is 0 Å². The van der Waals surface area contributed by atoms with Crippen molar-refractivity contribution in [3.63, 3.8) is 0 Å². The predicted octanol–water partition coefficient (Wildman–Crippen LogP) is 5.85. The molecule has 0 spiro atoms. The fraction of sp³-hybridized carbons (Fsp3) is 0.326. The van der Waals surface area contributed by atoms with E-state index in [9.17, 15) is 14.7 Å². The highest BCUT2D eigenvalue weighted by molar-refractivity contribution is 6.08. The Morgan fingerprint density at radius 2 is 1.54 bits per heavy atom. The van der Waals surface area contributed by atoms with Gasteiger partial charge in [0.05, 0.1) is 18.8 Å². The van der Waals surface area contributed by atoms with Crippen LogP contribution in [0.15, 0.2) is 97.1 Å². The van der Waals surface area contributed by atoms with Crippen molar-refractivity contribution in [3.05, 3.63) is 136 Å². The lowest BCUT2D eigenvalue weighted by atomic mass is 9.89. The molecule has 4 aromatic carbocycles. The summed E-state index contributed by atoms with van der Waals surface area (Å²) in [7, 11) is 3.65. The molecule has 0 bridgehead atoms. The zero-order valence-electron chi connectivity index (χ0n) is 32.8. The van der Waals surface area contributed by atoms with Crippen LogP contribution in [-0.4, -0.2) is 101 Å². The molecule has 0 aliphatic carbocycles. The van der Waals surface area contributed by atoms with E-state index in [1.807, 2.05) is 72.0 Å². The van der Waals surface area contributed by atoms with E-state index < -0.39 is 0 Å². The monoisotopic (exact) mass is 767 g/mol. The smallest absolute Gasteiger partial charge is 0.260 e. The molecule has 0 unspecified atom stereocenters. The number of ether oxygens (including phenoxy) is 2. The highest BCUT2D eigenvalue weighted by Crippen LogP contribution is 2.36. The van der Waals surface area contributed by atoms with Gasteiger partial charge < -0.3 is 33.8 Å². The standard InChI is InChI=1S/C46H49N5O6/c1-31-40(45(54)48(3)36-13-15-38(52)16-14-36)26-43(47(31)2)41-24-33-17-18-50(44(53)30-57-39-11-5-4-6-12-39)27-35(33)25-42(41)46(55)51-28-34-10-8-7-9-32(34)23-37(51)29-49-19-21-56-22-20-49/h4-16,24-26,37,52H,17-23,27-30H2,1-3H3/t37-/m0/s1. The van der Waals surface area contributed by atoms with E-state index in [4.69, 9.17) is 9.47 Å². The van der Waals surface area contributed by atoms with Crippen molar-refractivity contribution in [2.75, 3.05) is 57.9 Å². The molecule has 1 aromatic heterocycles. The summed E-state index contributed by atoms with van der Waals surface area (Å²) in [5.74, 6) is 0.374. The van der Waals surface area contributed by atoms with E-state index in [-0.39, 0.29) is 36.1 Å². The van der Waals surface area contributed by atoms with E-state index in [2.05, 4.69) is 29.2 Å². The minimum atomic E-state index is -0.198. The van der Waals surface area contributed by atoms with Gasteiger partial charge in [-0.05, 0) is 96.6 Å². The summed E-state index contributed by atoms with van der Waals surface area (Å²) in [4.78, 5) is 50.7. The van der Waals surface area contributed by atoms with Crippen LogP contribution in [0.5, 0.6) is 11.5 Å². The molecular weight excluding hydrogens is 719 g/mol. The number of nitrogens with zero attached hydrogens (tertiary/aromatic N) is 5. The SMILES string of the molecule is Cc1c(C(=O)N(C)c2ccc(O)cc2)cc(-c2cc3c(cc2C(=O)N2Cc4ccccc4C[C@H]2CN2CCOCC2)CN(C(=O)COc2ccccc2)CC3)n1C. The summed E-state index contributed by atoms with van der Waals surface area (Å²) in [6.07, 6.45) is 1.36. The molecular formula is C46H49N5O6. The van der Waals surface area contributed by atoms with Gasteiger partial charge in [-0.15, -0.1) is 0 Å². The van der Waals surface area contributed by atoms with E-state index in [1.165, 1.54) is 5.56 Å². The Hall–Kier alpha value is -5.91. The van der Waals surface area contributed by atoms with Gasteiger partial charge in [-0.2, -0.15) is 0 Å². The largest absolute Gasteiger partial charge is 0.508 e. The number of hydrogen-bond acceptors (Lipinski definition) is 7. The van der Waals surface area contributed by atoms with Crippen LogP contribution in [0.3, 0.4) is 0 Å². The fourth-order valence-electron chi connectivity index (χ4n) is 8.34. The lowest BCUT2D eigenvalue weighted by molar-refractivity contribution is -0.134. The highest BCUT2D eigenvalue weighted by atomic mass is 16.5. The number of para-hydroxylation sites is 1. The first-order valence-corrected chi connectivity index (χ1v) is 19.7. The zero-order chi connectivity index (χ0) is 39.6. The molecule has 1 fully saturated rings. The predicted molar refractivity (Wildman–Crippen MR) is 219 cm³/mol. The molecule has 1 saturated heterocycles. The third-order valence-corrected chi connectivity index (χ3v) is 11.8. The maximum absolute atomic E-state index is 15.4. The Labute approximate surface area is 333 Å². The first-order valence-electron chi connectivity index (χ1n) is 19.7. The lowest BCUT2D eigenvalue weighted by Crippen LogP contribution is -2.52. The molecule has 4 heterocycles. The molecule has 3 aliphatic rings. The molecule has 1 N–H and O–H groups in total. The van der Waals surface area contributed by atoms with Crippen LogP contribution in [0.25, 0.3) is 11.3 Å². The van der Waals surface area contributed by atoms with Gasteiger partial charge in [-0.3, -0.25) is 19.3 Å². The molecule has 0 saturated carbocycles. The van der Waals surface area contributed by atoms with Gasteiger partial charge >= 0.3 is 0 Å². The van der Waals surface area contributed by atoms with Gasteiger partial charge in [-0.1, -0.05) is 42.5 Å². The van der Waals surface area contributed by atoms with Crippen LogP contribution in [0.4, 0.5) is 5.69 Å². The molecule has 0 radical (unpaired) electrons. The Kier molecular flexibility index (Phi) is 10.9. The Morgan fingerprint density at radius 1 is 0.825 bits per heavy atom. The van der Waals surface area contributed by atoms with Crippen LogP contribution >= 0.6 is 0 Å². The van der Waals surface area contributed by atoms with Gasteiger partial charge in [0, 0.05) is 87.6 Å². The summed E-state index contributed by atoms with van der Waals surface area (Å²) >= 11 is 0. The summed E-state index contributed by atoms with van der Waals surface area (Å²) in [6, 6.07) is 30.2. The van der Waals surface area contributed by atoms with Crippen molar-refractivity contribution < 1.29 is 29.0 Å². The van der Waals surface area contributed by atoms with Crippen LogP contribution in [0.1, 0.15) is 48.7 Å². The Balaban J connectivity index is 1.17.